The summed E-state index contributed by atoms with van der Waals surface area (Å²) in [7, 11) is 0. The Kier molecular flexibility index (Phi) is 4.20. The van der Waals surface area contributed by atoms with Crippen molar-refractivity contribution in [2.45, 2.75) is 38.3 Å². The van der Waals surface area contributed by atoms with Crippen molar-refractivity contribution in [2.24, 2.45) is 0 Å². The zero-order chi connectivity index (χ0) is 14.7. The first-order chi connectivity index (χ1) is 10.2. The molecule has 6 heteroatoms. The Labute approximate surface area is 127 Å². The van der Waals surface area contributed by atoms with Gasteiger partial charge in [0.25, 0.3) is 5.91 Å². The van der Waals surface area contributed by atoms with Crippen LogP contribution < -0.4 is 0 Å². The van der Waals surface area contributed by atoms with Gasteiger partial charge in [-0.3, -0.25) is 4.79 Å². The number of aromatic nitrogens is 2. The summed E-state index contributed by atoms with van der Waals surface area (Å²) in [5.74, 6) is 0.652. The number of rotatable bonds is 4. The van der Waals surface area contributed by atoms with Crippen LogP contribution in [-0.2, 0) is 6.54 Å². The first-order valence-electron chi connectivity index (χ1n) is 7.05. The van der Waals surface area contributed by atoms with Crippen molar-refractivity contribution in [2.75, 3.05) is 0 Å². The molecule has 1 aliphatic rings. The molecule has 21 heavy (non-hydrogen) atoms. The number of furan rings is 1. The van der Waals surface area contributed by atoms with Crippen LogP contribution in [0.3, 0.4) is 0 Å². The van der Waals surface area contributed by atoms with E-state index in [1.165, 1.54) is 12.4 Å². The lowest BCUT2D eigenvalue weighted by Gasteiger charge is -2.27. The second-order valence-electron chi connectivity index (χ2n) is 5.18. The Bertz CT molecular complexity index is 592. The summed E-state index contributed by atoms with van der Waals surface area (Å²) in [6.07, 6.45) is 8.79. The lowest BCUT2D eigenvalue weighted by Crippen LogP contribution is -2.38. The van der Waals surface area contributed by atoms with E-state index < -0.39 is 0 Å². The molecule has 5 nitrogen and oxygen atoms in total. The van der Waals surface area contributed by atoms with Gasteiger partial charge in [0, 0.05) is 6.04 Å². The van der Waals surface area contributed by atoms with Crippen LogP contribution in [0.15, 0.2) is 35.2 Å². The van der Waals surface area contributed by atoms with Crippen LogP contribution in [0.2, 0.25) is 5.15 Å². The molecule has 1 fully saturated rings. The first kappa shape index (κ1) is 14.1. The Balaban J connectivity index is 1.83. The molecular weight excluding hydrogens is 290 g/mol. The van der Waals surface area contributed by atoms with Gasteiger partial charge in [-0.05, 0) is 25.0 Å². The smallest absolute Gasteiger partial charge is 0.274 e. The van der Waals surface area contributed by atoms with Crippen molar-refractivity contribution < 1.29 is 9.21 Å². The molecule has 1 amide bonds. The predicted octanol–water partition coefficient (Wildman–Crippen LogP) is 3.31. The summed E-state index contributed by atoms with van der Waals surface area (Å²) in [6.45, 7) is 0.459. The zero-order valence-electron chi connectivity index (χ0n) is 11.5. The fourth-order valence-electron chi connectivity index (χ4n) is 2.72. The van der Waals surface area contributed by atoms with Gasteiger partial charge < -0.3 is 9.32 Å². The second kappa shape index (κ2) is 6.26. The van der Waals surface area contributed by atoms with Crippen LogP contribution in [-0.4, -0.2) is 26.8 Å². The van der Waals surface area contributed by atoms with E-state index in [1.54, 1.807) is 6.26 Å². The molecule has 0 bridgehead atoms. The van der Waals surface area contributed by atoms with Crippen molar-refractivity contribution in [1.82, 2.24) is 14.9 Å². The summed E-state index contributed by atoms with van der Waals surface area (Å²) >= 11 is 5.72. The van der Waals surface area contributed by atoms with Gasteiger partial charge in [0.05, 0.1) is 25.2 Å². The summed E-state index contributed by atoms with van der Waals surface area (Å²) in [5.41, 5.74) is 0.317. The van der Waals surface area contributed by atoms with E-state index >= 15 is 0 Å². The Morgan fingerprint density at radius 1 is 1.33 bits per heavy atom. The SMILES string of the molecule is O=C(c1cnc(Cl)cn1)N(Cc1ccco1)C1CCCC1. The van der Waals surface area contributed by atoms with Gasteiger partial charge in [-0.15, -0.1) is 0 Å². The van der Waals surface area contributed by atoms with Crippen molar-refractivity contribution >= 4 is 17.5 Å². The molecule has 3 rings (SSSR count). The molecule has 110 valence electrons. The molecule has 0 N–H and O–H groups in total. The molecule has 2 aromatic rings. The third-order valence-electron chi connectivity index (χ3n) is 3.77. The maximum atomic E-state index is 12.7. The average molecular weight is 306 g/mol. The van der Waals surface area contributed by atoms with Crippen LogP contribution in [0.5, 0.6) is 0 Å². The maximum absolute atomic E-state index is 12.7. The Morgan fingerprint density at radius 2 is 2.14 bits per heavy atom. The average Bonchev–Trinajstić information content (AvgIpc) is 3.18. The van der Waals surface area contributed by atoms with Crippen molar-refractivity contribution in [1.29, 1.82) is 0 Å². The molecular formula is C15H16ClN3O2. The van der Waals surface area contributed by atoms with Gasteiger partial charge in [0.15, 0.2) is 0 Å². The van der Waals surface area contributed by atoms with E-state index in [1.807, 2.05) is 17.0 Å². The highest BCUT2D eigenvalue weighted by atomic mass is 35.5. The summed E-state index contributed by atoms with van der Waals surface area (Å²) < 4.78 is 5.38. The Hall–Kier alpha value is -1.88. The minimum absolute atomic E-state index is 0.123. The van der Waals surface area contributed by atoms with Crippen LogP contribution >= 0.6 is 11.6 Å². The highest BCUT2D eigenvalue weighted by Crippen LogP contribution is 2.26. The van der Waals surface area contributed by atoms with Gasteiger partial charge in [-0.2, -0.15) is 0 Å². The van der Waals surface area contributed by atoms with E-state index in [0.717, 1.165) is 31.4 Å². The molecule has 2 aromatic heterocycles. The van der Waals surface area contributed by atoms with Crippen molar-refractivity contribution in [3.8, 4) is 0 Å². The molecule has 1 saturated carbocycles. The second-order valence-corrected chi connectivity index (χ2v) is 5.56. The summed E-state index contributed by atoms with van der Waals surface area (Å²) in [5, 5.41) is 0.282. The maximum Gasteiger partial charge on any atom is 0.274 e. The number of hydrogen-bond acceptors (Lipinski definition) is 4. The molecule has 0 aliphatic heterocycles. The highest BCUT2D eigenvalue weighted by Gasteiger charge is 2.29. The van der Waals surface area contributed by atoms with Gasteiger partial charge >= 0.3 is 0 Å². The topological polar surface area (TPSA) is 59.2 Å². The number of halogens is 1. The third kappa shape index (κ3) is 3.24. The van der Waals surface area contributed by atoms with Gasteiger partial charge in [0.2, 0.25) is 0 Å². The molecule has 1 aliphatic carbocycles. The standard InChI is InChI=1S/C15H16ClN3O2/c16-14-9-17-13(8-18-14)15(20)19(11-4-1-2-5-11)10-12-6-3-7-21-12/h3,6-9,11H,1-2,4-5,10H2. The van der Waals surface area contributed by atoms with Crippen LogP contribution in [0.25, 0.3) is 0 Å². The Morgan fingerprint density at radius 3 is 2.76 bits per heavy atom. The van der Waals surface area contributed by atoms with E-state index in [-0.39, 0.29) is 17.1 Å². The zero-order valence-corrected chi connectivity index (χ0v) is 12.3. The molecule has 0 atom stereocenters. The van der Waals surface area contributed by atoms with Gasteiger partial charge in [0.1, 0.15) is 16.6 Å². The fraction of sp³-hybridized carbons (Fsp3) is 0.400. The van der Waals surface area contributed by atoms with E-state index in [0.29, 0.717) is 12.2 Å². The van der Waals surface area contributed by atoms with Crippen LogP contribution in [0.1, 0.15) is 41.9 Å². The predicted molar refractivity (Wildman–Crippen MR) is 77.9 cm³/mol. The largest absolute Gasteiger partial charge is 0.467 e. The molecule has 2 heterocycles. The van der Waals surface area contributed by atoms with Crippen molar-refractivity contribution in [3.05, 3.63) is 47.4 Å². The first-order valence-corrected chi connectivity index (χ1v) is 7.43. The molecule has 0 spiro atoms. The third-order valence-corrected chi connectivity index (χ3v) is 3.97. The number of nitrogens with zero attached hydrogens (tertiary/aromatic N) is 3. The molecule has 0 aromatic carbocycles. The number of amides is 1. The minimum Gasteiger partial charge on any atom is -0.467 e. The normalized spacial score (nSPS) is 15.3. The van der Waals surface area contributed by atoms with Crippen LogP contribution in [0.4, 0.5) is 0 Å². The molecule has 0 unspecified atom stereocenters. The van der Waals surface area contributed by atoms with Gasteiger partial charge in [-0.1, -0.05) is 24.4 Å². The quantitative estimate of drug-likeness (QED) is 0.869. The number of carbonyl (C=O) groups is 1. The lowest BCUT2D eigenvalue weighted by molar-refractivity contribution is 0.0642. The van der Waals surface area contributed by atoms with Crippen molar-refractivity contribution in [3.63, 3.8) is 0 Å². The van der Waals surface area contributed by atoms with Gasteiger partial charge in [-0.25, -0.2) is 9.97 Å². The van der Waals surface area contributed by atoms with E-state index in [2.05, 4.69) is 9.97 Å². The van der Waals surface area contributed by atoms with E-state index in [4.69, 9.17) is 16.0 Å². The number of carbonyl (C=O) groups excluding carboxylic acids is 1. The summed E-state index contributed by atoms with van der Waals surface area (Å²) in [6, 6.07) is 3.94. The fourth-order valence-corrected chi connectivity index (χ4v) is 2.82. The lowest BCUT2D eigenvalue weighted by atomic mass is 10.2. The number of hydrogen-bond donors (Lipinski definition) is 0. The minimum atomic E-state index is -0.123. The summed E-state index contributed by atoms with van der Waals surface area (Å²) in [4.78, 5) is 22.6. The highest BCUT2D eigenvalue weighted by molar-refractivity contribution is 6.29. The monoisotopic (exact) mass is 305 g/mol. The van der Waals surface area contributed by atoms with Crippen LogP contribution in [0, 0.1) is 0 Å². The van der Waals surface area contributed by atoms with E-state index in [9.17, 15) is 4.79 Å². The molecule has 0 radical (unpaired) electrons. The molecule has 0 saturated heterocycles.